The predicted molar refractivity (Wildman–Crippen MR) is 134 cm³/mol. The predicted octanol–water partition coefficient (Wildman–Crippen LogP) is 5.23. The van der Waals surface area contributed by atoms with E-state index in [9.17, 15) is 18.5 Å². The molecule has 180 valence electrons. The summed E-state index contributed by atoms with van der Waals surface area (Å²) in [5.74, 6) is 1.09. The van der Waals surface area contributed by atoms with E-state index in [1.54, 1.807) is 14.2 Å². The minimum absolute atomic E-state index is 0.0103. The summed E-state index contributed by atoms with van der Waals surface area (Å²) in [4.78, 5) is 10.4. The van der Waals surface area contributed by atoms with Crippen LogP contribution in [0.1, 0.15) is 24.1 Å². The lowest BCUT2D eigenvalue weighted by Crippen LogP contribution is -2.39. The number of hydrogen-bond donors (Lipinski definition) is 0. The van der Waals surface area contributed by atoms with E-state index < -0.39 is 21.0 Å². The molecule has 0 saturated carbocycles. The molecule has 9 heteroatoms. The van der Waals surface area contributed by atoms with Gasteiger partial charge in [-0.1, -0.05) is 36.4 Å². The summed E-state index contributed by atoms with van der Waals surface area (Å²) in [5.41, 5.74) is 1.64. The molecule has 35 heavy (non-hydrogen) atoms. The number of benzene rings is 4. The molecule has 0 fully saturated rings. The van der Waals surface area contributed by atoms with Crippen LogP contribution in [0.2, 0.25) is 0 Å². The minimum Gasteiger partial charge on any atom is -0.492 e. The minimum atomic E-state index is -3.91. The van der Waals surface area contributed by atoms with Crippen molar-refractivity contribution in [1.82, 2.24) is 4.31 Å². The molecule has 4 aromatic rings. The Morgan fingerprint density at radius 1 is 0.943 bits per heavy atom. The molecule has 0 N–H and O–H groups in total. The van der Waals surface area contributed by atoms with E-state index >= 15 is 0 Å². The van der Waals surface area contributed by atoms with Crippen molar-refractivity contribution in [3.05, 3.63) is 81.9 Å². The number of nitrogens with zero attached hydrogens (tertiary/aromatic N) is 2. The van der Waals surface area contributed by atoms with Crippen LogP contribution in [-0.2, 0) is 16.4 Å². The SMILES string of the molecule is COc1c2c(c3ccc4ccccc4c3c1OC)CCN(S(=O)(=O)c1ccc([N+](=O)[O-])cc1)C2C. The van der Waals surface area contributed by atoms with Crippen molar-refractivity contribution in [1.29, 1.82) is 0 Å². The summed E-state index contributed by atoms with van der Waals surface area (Å²) in [6, 6.07) is 16.6. The Morgan fingerprint density at radius 2 is 1.63 bits per heavy atom. The Hall–Kier alpha value is -3.69. The van der Waals surface area contributed by atoms with Gasteiger partial charge in [0.05, 0.1) is 30.1 Å². The molecular formula is C26H24N2O6S. The highest BCUT2D eigenvalue weighted by molar-refractivity contribution is 7.89. The van der Waals surface area contributed by atoms with Gasteiger partial charge in [-0.05, 0) is 47.2 Å². The van der Waals surface area contributed by atoms with Crippen LogP contribution >= 0.6 is 0 Å². The van der Waals surface area contributed by atoms with Crippen molar-refractivity contribution in [3.8, 4) is 11.5 Å². The fourth-order valence-electron chi connectivity index (χ4n) is 5.16. The van der Waals surface area contributed by atoms with E-state index in [2.05, 4.69) is 12.1 Å². The third kappa shape index (κ3) is 3.50. The van der Waals surface area contributed by atoms with Gasteiger partial charge in [0.1, 0.15) is 0 Å². The normalized spacial score (nSPS) is 16.3. The maximum absolute atomic E-state index is 13.6. The highest BCUT2D eigenvalue weighted by Gasteiger charge is 2.38. The molecule has 0 amide bonds. The molecule has 1 aliphatic rings. The van der Waals surface area contributed by atoms with E-state index in [0.29, 0.717) is 17.9 Å². The smallest absolute Gasteiger partial charge is 0.269 e. The van der Waals surface area contributed by atoms with Gasteiger partial charge in [0.15, 0.2) is 11.5 Å². The van der Waals surface area contributed by atoms with E-state index in [4.69, 9.17) is 9.47 Å². The number of ether oxygens (including phenoxy) is 2. The lowest BCUT2D eigenvalue weighted by molar-refractivity contribution is -0.384. The van der Waals surface area contributed by atoms with Crippen molar-refractivity contribution in [2.45, 2.75) is 24.3 Å². The molecule has 0 saturated heterocycles. The zero-order valence-corrected chi connectivity index (χ0v) is 20.3. The fraction of sp³-hybridized carbons (Fsp3) is 0.231. The molecule has 0 aliphatic carbocycles. The summed E-state index contributed by atoms with van der Waals surface area (Å²) < 4.78 is 40.3. The average molecular weight is 493 g/mol. The standard InChI is InChI=1S/C26H24N2O6S/c1-16-23-22(14-15-27(16)35(31,32)19-11-9-18(10-12-19)28(29)30)21-13-8-17-6-4-5-7-20(17)24(21)26(34-3)25(23)33-2/h4-13,16H,14-15H2,1-3H3. The van der Waals surface area contributed by atoms with Gasteiger partial charge in [-0.2, -0.15) is 4.31 Å². The van der Waals surface area contributed by atoms with Gasteiger partial charge < -0.3 is 9.47 Å². The summed E-state index contributed by atoms with van der Waals surface area (Å²) in [7, 11) is -0.766. The van der Waals surface area contributed by atoms with Crippen LogP contribution in [0.25, 0.3) is 21.5 Å². The van der Waals surface area contributed by atoms with E-state index in [0.717, 1.165) is 32.7 Å². The van der Waals surface area contributed by atoms with E-state index in [1.165, 1.54) is 28.6 Å². The van der Waals surface area contributed by atoms with Gasteiger partial charge in [-0.15, -0.1) is 0 Å². The Bertz CT molecular complexity index is 1580. The highest BCUT2D eigenvalue weighted by Crippen LogP contribution is 2.50. The molecule has 4 aromatic carbocycles. The van der Waals surface area contributed by atoms with Gasteiger partial charge >= 0.3 is 0 Å². The van der Waals surface area contributed by atoms with Gasteiger partial charge in [0, 0.05) is 29.6 Å². The van der Waals surface area contributed by atoms with E-state index in [1.807, 2.05) is 31.2 Å². The van der Waals surface area contributed by atoms with Crippen molar-refractivity contribution in [2.24, 2.45) is 0 Å². The maximum Gasteiger partial charge on any atom is 0.269 e. The van der Waals surface area contributed by atoms with E-state index in [-0.39, 0.29) is 17.1 Å². The van der Waals surface area contributed by atoms with Crippen molar-refractivity contribution >= 4 is 37.3 Å². The van der Waals surface area contributed by atoms with Crippen LogP contribution in [0.5, 0.6) is 11.5 Å². The summed E-state index contributed by atoms with van der Waals surface area (Å²) >= 11 is 0. The second kappa shape index (κ2) is 8.51. The first-order chi connectivity index (χ1) is 16.8. The lowest BCUT2D eigenvalue weighted by atomic mass is 9.87. The molecular weight excluding hydrogens is 468 g/mol. The summed E-state index contributed by atoms with van der Waals surface area (Å²) in [6.07, 6.45) is 0.487. The number of fused-ring (bicyclic) bond motifs is 5. The average Bonchev–Trinajstić information content (AvgIpc) is 2.87. The molecule has 1 heterocycles. The van der Waals surface area contributed by atoms with Crippen molar-refractivity contribution in [2.75, 3.05) is 20.8 Å². The quantitative estimate of drug-likeness (QED) is 0.215. The summed E-state index contributed by atoms with van der Waals surface area (Å²) in [6.45, 7) is 2.10. The Morgan fingerprint density at radius 3 is 2.29 bits per heavy atom. The molecule has 1 aliphatic heterocycles. The number of rotatable bonds is 5. The number of hydrogen-bond acceptors (Lipinski definition) is 6. The van der Waals surface area contributed by atoms with Crippen LogP contribution in [0, 0.1) is 10.1 Å². The monoisotopic (exact) mass is 492 g/mol. The Labute approximate surface area is 202 Å². The zero-order chi connectivity index (χ0) is 24.9. The van der Waals surface area contributed by atoms with Crippen LogP contribution in [0.4, 0.5) is 5.69 Å². The topological polar surface area (TPSA) is 99.0 Å². The van der Waals surface area contributed by atoms with Gasteiger partial charge in [0.2, 0.25) is 10.0 Å². The van der Waals surface area contributed by atoms with Gasteiger partial charge in [0.25, 0.3) is 5.69 Å². The number of nitro groups is 1. The third-order valence-electron chi connectivity index (χ3n) is 6.75. The molecule has 0 aromatic heterocycles. The zero-order valence-electron chi connectivity index (χ0n) is 19.5. The molecule has 0 spiro atoms. The second-order valence-electron chi connectivity index (χ2n) is 8.46. The van der Waals surface area contributed by atoms with Crippen LogP contribution in [0.3, 0.4) is 0 Å². The molecule has 0 bridgehead atoms. The fourth-order valence-corrected chi connectivity index (χ4v) is 6.76. The van der Waals surface area contributed by atoms with Gasteiger partial charge in [-0.25, -0.2) is 8.42 Å². The number of sulfonamides is 1. The van der Waals surface area contributed by atoms with Crippen LogP contribution in [-0.4, -0.2) is 38.4 Å². The largest absolute Gasteiger partial charge is 0.492 e. The third-order valence-corrected chi connectivity index (χ3v) is 8.74. The van der Waals surface area contributed by atoms with Crippen molar-refractivity contribution < 1.29 is 22.8 Å². The molecule has 5 rings (SSSR count). The van der Waals surface area contributed by atoms with Crippen LogP contribution in [0.15, 0.2) is 65.6 Å². The lowest BCUT2D eigenvalue weighted by Gasteiger charge is -2.36. The number of non-ortho nitro benzene ring substituents is 1. The Balaban J connectivity index is 1.70. The molecule has 1 unspecified atom stereocenters. The van der Waals surface area contributed by atoms with Crippen molar-refractivity contribution in [3.63, 3.8) is 0 Å². The maximum atomic E-state index is 13.6. The van der Waals surface area contributed by atoms with Crippen LogP contribution < -0.4 is 9.47 Å². The first-order valence-electron chi connectivity index (χ1n) is 11.1. The second-order valence-corrected chi connectivity index (χ2v) is 10.4. The number of methoxy groups -OCH3 is 2. The molecule has 0 radical (unpaired) electrons. The Kier molecular flexibility index (Phi) is 5.61. The first-order valence-corrected chi connectivity index (χ1v) is 12.6. The van der Waals surface area contributed by atoms with Gasteiger partial charge in [-0.3, -0.25) is 10.1 Å². The highest BCUT2D eigenvalue weighted by atomic mass is 32.2. The first kappa shape index (κ1) is 23.1. The molecule has 1 atom stereocenters. The summed E-state index contributed by atoms with van der Waals surface area (Å²) in [5, 5.41) is 15.1. The number of nitro benzene ring substituents is 1. The molecule has 8 nitrogen and oxygen atoms in total.